The lowest BCUT2D eigenvalue weighted by Crippen LogP contribution is -2.11. The van der Waals surface area contributed by atoms with Crippen LogP contribution in [0.3, 0.4) is 0 Å². The molecule has 4 nitrogen and oxygen atoms in total. The van der Waals surface area contributed by atoms with E-state index in [1.165, 1.54) is 6.92 Å². The van der Waals surface area contributed by atoms with Gasteiger partial charge in [-0.15, -0.1) is 0 Å². The Kier molecular flexibility index (Phi) is 4.77. The van der Waals surface area contributed by atoms with Gasteiger partial charge in [-0.3, -0.25) is 4.79 Å². The Morgan fingerprint density at radius 2 is 1.95 bits per heavy atom. The van der Waals surface area contributed by atoms with Crippen LogP contribution in [0.25, 0.3) is 0 Å². The van der Waals surface area contributed by atoms with Crippen LogP contribution in [0.2, 0.25) is 5.02 Å². The summed E-state index contributed by atoms with van der Waals surface area (Å²) in [5, 5.41) is 3.21. The Labute approximate surface area is 132 Å². The number of nitrogens with one attached hydrogen (secondary N) is 1. The van der Waals surface area contributed by atoms with E-state index < -0.39 is 0 Å². The number of thiocarbonyl (C=S) groups is 1. The summed E-state index contributed by atoms with van der Waals surface area (Å²) in [6.45, 7) is 1.43. The van der Waals surface area contributed by atoms with Gasteiger partial charge >= 0.3 is 0 Å². The molecule has 0 aliphatic heterocycles. The summed E-state index contributed by atoms with van der Waals surface area (Å²) in [7, 11) is 0. The number of para-hydroxylation sites is 2. The smallest absolute Gasteiger partial charge is 0.221 e. The molecule has 0 aromatic heterocycles. The molecule has 0 atom stereocenters. The molecule has 1 amide bonds. The predicted octanol–water partition coefficient (Wildman–Crippen LogP) is 3.72. The van der Waals surface area contributed by atoms with Gasteiger partial charge in [0.1, 0.15) is 10.7 Å². The molecular weight excluding hydrogens is 308 g/mol. The maximum Gasteiger partial charge on any atom is 0.221 e. The highest BCUT2D eigenvalue weighted by Crippen LogP contribution is 2.32. The lowest BCUT2D eigenvalue weighted by molar-refractivity contribution is -0.114. The first kappa shape index (κ1) is 15.3. The molecule has 0 saturated carbocycles. The van der Waals surface area contributed by atoms with Crippen molar-refractivity contribution in [1.82, 2.24) is 0 Å². The van der Waals surface area contributed by atoms with Crippen molar-refractivity contribution in [2.24, 2.45) is 5.73 Å². The van der Waals surface area contributed by atoms with Gasteiger partial charge in [0.25, 0.3) is 0 Å². The van der Waals surface area contributed by atoms with Crippen LogP contribution in [-0.4, -0.2) is 10.9 Å². The van der Waals surface area contributed by atoms with Crippen molar-refractivity contribution >= 4 is 40.4 Å². The summed E-state index contributed by atoms with van der Waals surface area (Å²) in [6, 6.07) is 12.1. The van der Waals surface area contributed by atoms with Crippen molar-refractivity contribution in [3.8, 4) is 11.5 Å². The topological polar surface area (TPSA) is 64.3 Å². The molecule has 0 heterocycles. The van der Waals surface area contributed by atoms with Gasteiger partial charge in [0.2, 0.25) is 5.91 Å². The number of nitrogens with two attached hydrogens (primary N) is 1. The summed E-state index contributed by atoms with van der Waals surface area (Å²) in [5.74, 6) is 0.786. The monoisotopic (exact) mass is 320 g/mol. The maximum absolute atomic E-state index is 11.2. The van der Waals surface area contributed by atoms with Crippen LogP contribution in [-0.2, 0) is 4.79 Å². The molecule has 0 aliphatic carbocycles. The molecule has 2 rings (SSSR count). The van der Waals surface area contributed by atoms with Crippen LogP contribution in [0.4, 0.5) is 5.69 Å². The molecule has 0 spiro atoms. The molecule has 21 heavy (non-hydrogen) atoms. The van der Waals surface area contributed by atoms with Gasteiger partial charge in [0.15, 0.2) is 5.75 Å². The summed E-state index contributed by atoms with van der Waals surface area (Å²) in [6.07, 6.45) is 0. The minimum absolute atomic E-state index is 0.184. The number of hydrogen-bond donors (Lipinski definition) is 2. The third-order valence-corrected chi connectivity index (χ3v) is 3.08. The number of carbonyl (C=O) groups is 1. The molecule has 0 radical (unpaired) electrons. The van der Waals surface area contributed by atoms with Crippen LogP contribution in [0.5, 0.6) is 11.5 Å². The number of halogens is 1. The molecule has 2 aromatic rings. The van der Waals surface area contributed by atoms with E-state index in [1.807, 2.05) is 0 Å². The van der Waals surface area contributed by atoms with E-state index in [1.54, 1.807) is 42.5 Å². The van der Waals surface area contributed by atoms with Gasteiger partial charge < -0.3 is 15.8 Å². The quantitative estimate of drug-likeness (QED) is 0.843. The first-order chi connectivity index (χ1) is 9.97. The highest BCUT2D eigenvalue weighted by molar-refractivity contribution is 7.80. The minimum atomic E-state index is -0.184. The van der Waals surface area contributed by atoms with Crippen molar-refractivity contribution in [2.75, 3.05) is 5.32 Å². The zero-order valence-corrected chi connectivity index (χ0v) is 12.8. The Morgan fingerprint density at radius 1 is 1.24 bits per heavy atom. The Hall–Kier alpha value is -2.11. The summed E-state index contributed by atoms with van der Waals surface area (Å²) >= 11 is 10.9. The number of carbonyl (C=O) groups excluding carboxylic acids is 1. The van der Waals surface area contributed by atoms with Gasteiger partial charge in [0, 0.05) is 11.9 Å². The molecule has 108 valence electrons. The van der Waals surface area contributed by atoms with Gasteiger partial charge in [-0.1, -0.05) is 36.0 Å². The van der Waals surface area contributed by atoms with Crippen molar-refractivity contribution in [3.05, 3.63) is 53.1 Å². The third kappa shape index (κ3) is 3.93. The molecular formula is C15H13ClN2O2S. The van der Waals surface area contributed by atoms with E-state index in [0.29, 0.717) is 27.8 Å². The Balaban J connectivity index is 2.39. The molecule has 0 fully saturated rings. The largest absolute Gasteiger partial charge is 0.454 e. The lowest BCUT2D eigenvalue weighted by atomic mass is 10.2. The van der Waals surface area contributed by atoms with E-state index in [4.69, 9.17) is 34.3 Å². The SMILES string of the molecule is CC(=O)Nc1ccccc1Oc1ccc(Cl)cc1C(N)=S. The van der Waals surface area contributed by atoms with Crippen LogP contribution >= 0.6 is 23.8 Å². The molecule has 6 heteroatoms. The predicted molar refractivity (Wildman–Crippen MR) is 88.2 cm³/mol. The molecule has 0 bridgehead atoms. The van der Waals surface area contributed by atoms with Gasteiger partial charge in [-0.25, -0.2) is 0 Å². The highest BCUT2D eigenvalue weighted by atomic mass is 35.5. The molecule has 2 aromatic carbocycles. The summed E-state index contributed by atoms with van der Waals surface area (Å²) < 4.78 is 5.82. The Morgan fingerprint density at radius 3 is 2.62 bits per heavy atom. The van der Waals surface area contributed by atoms with E-state index in [2.05, 4.69) is 5.32 Å². The zero-order chi connectivity index (χ0) is 15.4. The number of benzene rings is 2. The van der Waals surface area contributed by atoms with E-state index >= 15 is 0 Å². The fourth-order valence-corrected chi connectivity index (χ4v) is 2.08. The highest BCUT2D eigenvalue weighted by Gasteiger charge is 2.11. The van der Waals surface area contributed by atoms with Crippen molar-refractivity contribution in [2.45, 2.75) is 6.92 Å². The average molecular weight is 321 g/mol. The van der Waals surface area contributed by atoms with Crippen LogP contribution in [0.15, 0.2) is 42.5 Å². The Bertz CT molecular complexity index is 704. The second-order valence-corrected chi connectivity index (χ2v) is 5.16. The summed E-state index contributed by atoms with van der Waals surface area (Å²) in [5.41, 5.74) is 6.78. The standard InChI is InChI=1S/C15H13ClN2O2S/c1-9(19)18-12-4-2-3-5-14(12)20-13-7-6-10(16)8-11(13)15(17)21/h2-8H,1H3,(H2,17,21)(H,18,19). The zero-order valence-electron chi connectivity index (χ0n) is 11.2. The van der Waals surface area contributed by atoms with E-state index in [-0.39, 0.29) is 10.9 Å². The maximum atomic E-state index is 11.2. The van der Waals surface area contributed by atoms with Crippen LogP contribution in [0, 0.1) is 0 Å². The molecule has 3 N–H and O–H groups in total. The number of anilines is 1. The second-order valence-electron chi connectivity index (χ2n) is 4.28. The van der Waals surface area contributed by atoms with Crippen molar-refractivity contribution in [3.63, 3.8) is 0 Å². The van der Waals surface area contributed by atoms with Gasteiger partial charge in [0.05, 0.1) is 11.3 Å². The fourth-order valence-electron chi connectivity index (χ4n) is 1.75. The second kappa shape index (κ2) is 6.56. The normalized spacial score (nSPS) is 10.0. The lowest BCUT2D eigenvalue weighted by Gasteiger charge is -2.14. The van der Waals surface area contributed by atoms with Gasteiger partial charge in [-0.2, -0.15) is 0 Å². The van der Waals surface area contributed by atoms with Crippen molar-refractivity contribution in [1.29, 1.82) is 0 Å². The number of amides is 1. The average Bonchev–Trinajstić information content (AvgIpc) is 2.42. The first-order valence-corrected chi connectivity index (χ1v) is 6.90. The number of ether oxygens (including phenoxy) is 1. The van der Waals surface area contributed by atoms with Crippen molar-refractivity contribution < 1.29 is 9.53 Å². The number of hydrogen-bond acceptors (Lipinski definition) is 3. The van der Waals surface area contributed by atoms with Crippen LogP contribution in [0.1, 0.15) is 12.5 Å². The molecule has 0 aliphatic rings. The van der Waals surface area contributed by atoms with E-state index in [0.717, 1.165) is 0 Å². The molecule has 0 saturated heterocycles. The first-order valence-electron chi connectivity index (χ1n) is 6.11. The van der Waals surface area contributed by atoms with E-state index in [9.17, 15) is 4.79 Å². The van der Waals surface area contributed by atoms with Crippen LogP contribution < -0.4 is 15.8 Å². The third-order valence-electron chi connectivity index (χ3n) is 2.62. The fraction of sp³-hybridized carbons (Fsp3) is 0.0667. The molecule has 0 unspecified atom stereocenters. The minimum Gasteiger partial charge on any atom is -0.454 e. The summed E-state index contributed by atoms with van der Waals surface area (Å²) in [4.78, 5) is 11.4. The number of rotatable bonds is 4. The van der Waals surface area contributed by atoms with Gasteiger partial charge in [-0.05, 0) is 30.3 Å².